The van der Waals surface area contributed by atoms with Crippen molar-refractivity contribution in [2.24, 2.45) is 0 Å². The molecule has 5 rings (SSSR count). The van der Waals surface area contributed by atoms with E-state index in [2.05, 4.69) is 0 Å². The number of amides is 3. The fraction of sp³-hybridized carbons (Fsp3) is 0.138. The maximum Gasteiger partial charge on any atom is 0.261 e. The maximum absolute atomic E-state index is 13.5. The topological polar surface area (TPSA) is 57.7 Å². The van der Waals surface area contributed by atoms with Crippen molar-refractivity contribution in [1.29, 1.82) is 0 Å². The predicted molar refractivity (Wildman–Crippen MR) is 133 cm³/mol. The molecule has 4 aromatic rings. The number of carbonyl (C=O) groups excluding carboxylic acids is 3. The zero-order valence-corrected chi connectivity index (χ0v) is 19.1. The fourth-order valence-corrected chi connectivity index (χ4v) is 4.49. The maximum atomic E-state index is 13.5. The Bertz CT molecular complexity index is 1390. The number of anilines is 1. The Morgan fingerprint density at radius 1 is 0.765 bits per heavy atom. The third kappa shape index (κ3) is 3.75. The van der Waals surface area contributed by atoms with Crippen LogP contribution in [0.4, 0.5) is 5.69 Å². The van der Waals surface area contributed by atoms with E-state index in [0.717, 1.165) is 22.2 Å². The minimum atomic E-state index is -0.332. The lowest BCUT2D eigenvalue weighted by molar-refractivity contribution is 0.0611. The molecule has 0 N–H and O–H groups in total. The molecule has 0 spiro atoms. The molecule has 0 saturated heterocycles. The van der Waals surface area contributed by atoms with Crippen LogP contribution < -0.4 is 4.90 Å². The van der Waals surface area contributed by atoms with Crippen LogP contribution in [0.3, 0.4) is 0 Å². The number of hydrogen-bond acceptors (Lipinski definition) is 3. The third-order valence-electron chi connectivity index (χ3n) is 6.26. The van der Waals surface area contributed by atoms with Crippen molar-refractivity contribution in [1.82, 2.24) is 4.90 Å². The van der Waals surface area contributed by atoms with Crippen LogP contribution in [0.1, 0.15) is 42.2 Å². The second kappa shape index (κ2) is 8.60. The van der Waals surface area contributed by atoms with Gasteiger partial charge in [0.25, 0.3) is 17.7 Å². The molecule has 3 amide bonds. The van der Waals surface area contributed by atoms with Crippen molar-refractivity contribution >= 4 is 34.2 Å². The molecule has 0 aliphatic carbocycles. The van der Waals surface area contributed by atoms with Gasteiger partial charge in [-0.2, -0.15) is 0 Å². The largest absolute Gasteiger partial charge is 0.307 e. The zero-order chi connectivity index (χ0) is 23.8. The molecule has 0 aromatic heterocycles. The standard InChI is InChI=1S/C29H24N2O3/c1-19-12-14-23(15-13-19)30(27(32)22-9-3-6-20(2)18-22)16-17-31-28(33)24-10-4-7-21-8-5-11-25(26(21)24)29(31)34/h3-15,18H,16-17H2,1-2H3. The highest BCUT2D eigenvalue weighted by atomic mass is 16.2. The van der Waals surface area contributed by atoms with Gasteiger partial charge in [0.2, 0.25) is 0 Å². The molecule has 5 nitrogen and oxygen atoms in total. The van der Waals surface area contributed by atoms with Gasteiger partial charge in [-0.3, -0.25) is 19.3 Å². The van der Waals surface area contributed by atoms with Gasteiger partial charge in [-0.15, -0.1) is 0 Å². The van der Waals surface area contributed by atoms with Gasteiger partial charge >= 0.3 is 0 Å². The van der Waals surface area contributed by atoms with E-state index >= 15 is 0 Å². The minimum Gasteiger partial charge on any atom is -0.307 e. The SMILES string of the molecule is Cc1ccc(N(CCN2C(=O)c3cccc4cccc(c34)C2=O)C(=O)c2cccc(C)c2)cc1. The van der Waals surface area contributed by atoms with E-state index in [9.17, 15) is 14.4 Å². The first kappa shape index (κ1) is 21.6. The molecule has 4 aromatic carbocycles. The highest BCUT2D eigenvalue weighted by Crippen LogP contribution is 2.30. The van der Waals surface area contributed by atoms with Crippen LogP contribution in [-0.4, -0.2) is 35.7 Å². The van der Waals surface area contributed by atoms with Crippen molar-refractivity contribution in [3.8, 4) is 0 Å². The van der Waals surface area contributed by atoms with Gasteiger partial charge < -0.3 is 4.90 Å². The molecule has 168 valence electrons. The van der Waals surface area contributed by atoms with E-state index in [1.807, 2.05) is 80.6 Å². The molecule has 34 heavy (non-hydrogen) atoms. The van der Waals surface area contributed by atoms with Gasteiger partial charge in [0.1, 0.15) is 0 Å². The molecule has 0 unspecified atom stereocenters. The van der Waals surface area contributed by atoms with Crippen LogP contribution in [0.15, 0.2) is 84.9 Å². The average molecular weight is 449 g/mol. The van der Waals surface area contributed by atoms with E-state index in [-0.39, 0.29) is 30.8 Å². The minimum absolute atomic E-state index is 0.0911. The van der Waals surface area contributed by atoms with Crippen molar-refractivity contribution < 1.29 is 14.4 Å². The van der Waals surface area contributed by atoms with Crippen LogP contribution in [0.25, 0.3) is 10.8 Å². The number of carbonyl (C=O) groups is 3. The number of aryl methyl sites for hydroxylation is 2. The Hall–Kier alpha value is -4.25. The Morgan fingerprint density at radius 2 is 1.38 bits per heavy atom. The summed E-state index contributed by atoms with van der Waals surface area (Å²) in [7, 11) is 0. The zero-order valence-electron chi connectivity index (χ0n) is 19.1. The molecule has 1 aliphatic heterocycles. The second-order valence-electron chi connectivity index (χ2n) is 8.63. The highest BCUT2D eigenvalue weighted by Gasteiger charge is 2.33. The Labute approximate surface area is 198 Å². The molecule has 5 heteroatoms. The monoisotopic (exact) mass is 448 g/mol. The smallest absolute Gasteiger partial charge is 0.261 e. The summed E-state index contributed by atoms with van der Waals surface area (Å²) in [6.45, 7) is 4.20. The lowest BCUT2D eigenvalue weighted by Gasteiger charge is -2.30. The van der Waals surface area contributed by atoms with Gasteiger partial charge in [0.05, 0.1) is 0 Å². The summed E-state index contributed by atoms with van der Waals surface area (Å²) in [6, 6.07) is 26.0. The van der Waals surface area contributed by atoms with Crippen LogP contribution in [0.5, 0.6) is 0 Å². The van der Waals surface area contributed by atoms with E-state index in [1.165, 1.54) is 4.90 Å². The van der Waals surface area contributed by atoms with Crippen molar-refractivity contribution in [3.05, 3.63) is 113 Å². The first-order valence-corrected chi connectivity index (χ1v) is 11.3. The number of rotatable bonds is 5. The summed E-state index contributed by atoms with van der Waals surface area (Å²) in [5.41, 5.74) is 4.38. The average Bonchev–Trinajstić information content (AvgIpc) is 2.85. The summed E-state index contributed by atoms with van der Waals surface area (Å²) in [4.78, 5) is 43.0. The highest BCUT2D eigenvalue weighted by molar-refractivity contribution is 6.25. The molecule has 0 bridgehead atoms. The van der Waals surface area contributed by atoms with Gasteiger partial charge in [-0.1, -0.05) is 59.7 Å². The number of imide groups is 1. The second-order valence-corrected chi connectivity index (χ2v) is 8.63. The molecule has 0 radical (unpaired) electrons. The Kier molecular flexibility index (Phi) is 5.46. The summed E-state index contributed by atoms with van der Waals surface area (Å²) in [6.07, 6.45) is 0. The molecule has 1 aliphatic rings. The Morgan fingerprint density at radius 3 is 2.00 bits per heavy atom. The van der Waals surface area contributed by atoms with E-state index in [4.69, 9.17) is 0 Å². The van der Waals surface area contributed by atoms with E-state index in [0.29, 0.717) is 22.1 Å². The van der Waals surface area contributed by atoms with Crippen molar-refractivity contribution in [3.63, 3.8) is 0 Å². The normalized spacial score (nSPS) is 12.8. The number of benzene rings is 4. The van der Waals surface area contributed by atoms with Gasteiger partial charge in [-0.25, -0.2) is 0 Å². The first-order valence-electron chi connectivity index (χ1n) is 11.3. The van der Waals surface area contributed by atoms with Gasteiger partial charge in [0, 0.05) is 40.9 Å². The third-order valence-corrected chi connectivity index (χ3v) is 6.26. The van der Waals surface area contributed by atoms with Crippen molar-refractivity contribution in [2.75, 3.05) is 18.0 Å². The summed E-state index contributed by atoms with van der Waals surface area (Å²) < 4.78 is 0. The molecular weight excluding hydrogens is 424 g/mol. The van der Waals surface area contributed by atoms with Crippen LogP contribution >= 0.6 is 0 Å². The van der Waals surface area contributed by atoms with E-state index < -0.39 is 0 Å². The Balaban J connectivity index is 1.47. The molecule has 0 saturated carbocycles. The quantitative estimate of drug-likeness (QED) is 0.384. The lowest BCUT2D eigenvalue weighted by atomic mass is 9.94. The predicted octanol–water partition coefficient (Wildman–Crippen LogP) is 5.40. The first-order chi connectivity index (χ1) is 16.4. The number of nitrogens with zero attached hydrogens (tertiary/aromatic N) is 2. The molecular formula is C29H24N2O3. The van der Waals surface area contributed by atoms with Crippen LogP contribution in [0, 0.1) is 13.8 Å². The van der Waals surface area contributed by atoms with E-state index in [1.54, 1.807) is 23.1 Å². The summed E-state index contributed by atoms with van der Waals surface area (Å²) >= 11 is 0. The molecule has 0 fully saturated rings. The van der Waals surface area contributed by atoms with Crippen LogP contribution in [-0.2, 0) is 0 Å². The summed E-state index contributed by atoms with van der Waals surface area (Å²) in [5.74, 6) is -0.839. The van der Waals surface area contributed by atoms with Crippen LogP contribution in [0.2, 0.25) is 0 Å². The van der Waals surface area contributed by atoms with Gasteiger partial charge in [0.15, 0.2) is 0 Å². The van der Waals surface area contributed by atoms with Gasteiger partial charge in [-0.05, 0) is 55.6 Å². The lowest BCUT2D eigenvalue weighted by Crippen LogP contribution is -2.46. The fourth-order valence-electron chi connectivity index (χ4n) is 4.49. The molecule has 1 heterocycles. The molecule has 0 atom stereocenters. The number of hydrogen-bond donors (Lipinski definition) is 0. The van der Waals surface area contributed by atoms with Crippen molar-refractivity contribution in [2.45, 2.75) is 13.8 Å². The summed E-state index contributed by atoms with van der Waals surface area (Å²) in [5, 5.41) is 1.56.